The van der Waals surface area contributed by atoms with Gasteiger partial charge in [0.05, 0.1) is 18.4 Å². The Kier molecular flexibility index (Phi) is 11.1. The van der Waals surface area contributed by atoms with E-state index in [4.69, 9.17) is 13.9 Å². The summed E-state index contributed by atoms with van der Waals surface area (Å²) >= 11 is 0. The number of aliphatic hydroxyl groups is 1. The summed E-state index contributed by atoms with van der Waals surface area (Å²) in [7, 11) is 0. The monoisotopic (exact) mass is 467 g/mol. The van der Waals surface area contributed by atoms with E-state index in [1.165, 1.54) is 0 Å². The molecule has 0 radical (unpaired) electrons. The third kappa shape index (κ3) is 8.89. The van der Waals surface area contributed by atoms with E-state index in [-0.39, 0.29) is 24.0 Å². The molecule has 0 amide bonds. The van der Waals surface area contributed by atoms with Crippen LogP contribution in [0.5, 0.6) is 0 Å². The van der Waals surface area contributed by atoms with Crippen molar-refractivity contribution in [3.63, 3.8) is 0 Å². The number of halogens is 1. The second-order valence-corrected chi connectivity index (χ2v) is 5.94. The summed E-state index contributed by atoms with van der Waals surface area (Å²) in [4.78, 5) is 4.50. The van der Waals surface area contributed by atoms with Gasteiger partial charge in [0.2, 0.25) is 0 Å². The Balaban J connectivity index is 0.00000312. The van der Waals surface area contributed by atoms with Crippen molar-refractivity contribution in [2.45, 2.75) is 38.4 Å². The lowest BCUT2D eigenvalue weighted by Gasteiger charge is -2.30. The molecule has 144 valence electrons. The quantitative estimate of drug-likeness (QED) is 0.223. The maximum Gasteiger partial charge on any atom is 0.191 e. The van der Waals surface area contributed by atoms with E-state index in [1.807, 2.05) is 19.1 Å². The molecule has 0 unspecified atom stereocenters. The molecule has 0 aromatic carbocycles. The van der Waals surface area contributed by atoms with Crippen molar-refractivity contribution in [1.29, 1.82) is 0 Å². The standard InChI is InChI=1S/C17H29N3O4.HI/c1-2-18-16(20-14-17(21)6-11-22-12-7-17)19-8-4-9-23-13-15-5-3-10-24-15;/h3,5,10,21H,2,4,6-9,11-14H2,1H3,(H2,18,19,20);1H. The molecule has 1 aromatic heterocycles. The highest BCUT2D eigenvalue weighted by molar-refractivity contribution is 14.0. The van der Waals surface area contributed by atoms with Crippen LogP contribution in [0.4, 0.5) is 0 Å². The Morgan fingerprint density at radius 3 is 2.84 bits per heavy atom. The van der Waals surface area contributed by atoms with Gasteiger partial charge in [-0.2, -0.15) is 0 Å². The van der Waals surface area contributed by atoms with Gasteiger partial charge in [-0.1, -0.05) is 0 Å². The highest BCUT2D eigenvalue weighted by Gasteiger charge is 2.29. The maximum absolute atomic E-state index is 10.4. The molecule has 1 aliphatic heterocycles. The zero-order valence-corrected chi connectivity index (χ0v) is 17.2. The second kappa shape index (κ2) is 12.5. The number of furan rings is 1. The Morgan fingerprint density at radius 1 is 1.36 bits per heavy atom. The number of hydrogen-bond donors (Lipinski definition) is 3. The molecule has 2 heterocycles. The Morgan fingerprint density at radius 2 is 2.16 bits per heavy atom. The molecule has 2 rings (SSSR count). The molecule has 1 aromatic rings. The number of guanidine groups is 1. The molecule has 3 N–H and O–H groups in total. The molecule has 0 bridgehead atoms. The van der Waals surface area contributed by atoms with Crippen molar-refractivity contribution in [1.82, 2.24) is 10.6 Å². The minimum absolute atomic E-state index is 0. The molecule has 1 fully saturated rings. The fourth-order valence-corrected chi connectivity index (χ4v) is 2.43. The van der Waals surface area contributed by atoms with E-state index < -0.39 is 5.60 Å². The van der Waals surface area contributed by atoms with Gasteiger partial charge in [-0.15, -0.1) is 24.0 Å². The lowest BCUT2D eigenvalue weighted by molar-refractivity contribution is -0.0565. The van der Waals surface area contributed by atoms with Crippen LogP contribution < -0.4 is 10.6 Å². The SMILES string of the molecule is CCNC(=NCC1(O)CCOCC1)NCCCOCc1ccco1.I. The third-order valence-electron chi connectivity index (χ3n) is 3.88. The lowest BCUT2D eigenvalue weighted by Crippen LogP contribution is -2.42. The summed E-state index contributed by atoms with van der Waals surface area (Å²) in [5.41, 5.74) is -0.743. The normalized spacial score (nSPS) is 17.0. The van der Waals surface area contributed by atoms with Crippen LogP contribution in [-0.2, 0) is 16.1 Å². The number of nitrogens with zero attached hydrogens (tertiary/aromatic N) is 1. The van der Waals surface area contributed by atoms with E-state index in [2.05, 4.69) is 15.6 Å². The highest BCUT2D eigenvalue weighted by Crippen LogP contribution is 2.20. The van der Waals surface area contributed by atoms with E-state index in [0.717, 1.165) is 31.2 Å². The van der Waals surface area contributed by atoms with Crippen molar-refractivity contribution >= 4 is 29.9 Å². The molecular formula is C17H30IN3O4. The van der Waals surface area contributed by atoms with Gasteiger partial charge in [-0.3, -0.25) is 4.99 Å². The van der Waals surface area contributed by atoms with Crippen molar-refractivity contribution < 1.29 is 19.0 Å². The van der Waals surface area contributed by atoms with Crippen LogP contribution in [0.3, 0.4) is 0 Å². The van der Waals surface area contributed by atoms with Crippen molar-refractivity contribution in [2.24, 2.45) is 4.99 Å². The minimum atomic E-state index is -0.743. The zero-order chi connectivity index (χ0) is 17.1. The Labute approximate surface area is 166 Å². The molecule has 0 saturated carbocycles. The van der Waals surface area contributed by atoms with Crippen LogP contribution in [0, 0.1) is 0 Å². The second-order valence-electron chi connectivity index (χ2n) is 5.94. The van der Waals surface area contributed by atoms with Gasteiger partial charge in [0, 0.05) is 45.8 Å². The van der Waals surface area contributed by atoms with Gasteiger partial charge >= 0.3 is 0 Å². The molecule has 7 nitrogen and oxygen atoms in total. The van der Waals surface area contributed by atoms with E-state index in [9.17, 15) is 5.11 Å². The summed E-state index contributed by atoms with van der Waals surface area (Å²) in [6.45, 7) is 6.29. The number of hydrogen-bond acceptors (Lipinski definition) is 5. The molecule has 25 heavy (non-hydrogen) atoms. The first-order valence-electron chi connectivity index (χ1n) is 8.64. The fraction of sp³-hybridized carbons (Fsp3) is 0.706. The Hall–Kier alpha value is -0.840. The van der Waals surface area contributed by atoms with Gasteiger partial charge in [0.15, 0.2) is 5.96 Å². The molecular weight excluding hydrogens is 437 g/mol. The van der Waals surface area contributed by atoms with Gasteiger partial charge in [-0.25, -0.2) is 0 Å². The topological polar surface area (TPSA) is 88.3 Å². The smallest absolute Gasteiger partial charge is 0.191 e. The summed E-state index contributed by atoms with van der Waals surface area (Å²) in [6.07, 6.45) is 3.78. The van der Waals surface area contributed by atoms with Crippen LogP contribution in [0.25, 0.3) is 0 Å². The van der Waals surface area contributed by atoms with E-state index in [0.29, 0.717) is 45.8 Å². The molecule has 1 saturated heterocycles. The van der Waals surface area contributed by atoms with Gasteiger partial charge in [0.1, 0.15) is 12.4 Å². The molecule has 0 atom stereocenters. The van der Waals surface area contributed by atoms with Crippen molar-refractivity contribution in [3.05, 3.63) is 24.2 Å². The summed E-state index contributed by atoms with van der Waals surface area (Å²) in [5.74, 6) is 1.56. The van der Waals surface area contributed by atoms with E-state index >= 15 is 0 Å². The van der Waals surface area contributed by atoms with Gasteiger partial charge < -0.3 is 29.6 Å². The average Bonchev–Trinajstić information content (AvgIpc) is 3.10. The largest absolute Gasteiger partial charge is 0.467 e. The summed E-state index contributed by atoms with van der Waals surface area (Å²) in [5, 5.41) is 16.9. The predicted octanol–water partition coefficient (Wildman–Crippen LogP) is 1.90. The van der Waals surface area contributed by atoms with E-state index in [1.54, 1.807) is 6.26 Å². The molecule has 0 spiro atoms. The first kappa shape index (κ1) is 22.2. The van der Waals surface area contributed by atoms with Crippen LogP contribution in [0.15, 0.2) is 27.8 Å². The Bertz CT molecular complexity index is 476. The first-order valence-corrected chi connectivity index (χ1v) is 8.64. The van der Waals surface area contributed by atoms with Crippen molar-refractivity contribution in [3.8, 4) is 0 Å². The fourth-order valence-electron chi connectivity index (χ4n) is 2.43. The molecule has 1 aliphatic rings. The van der Waals surface area contributed by atoms with Crippen LogP contribution in [0.1, 0.15) is 31.9 Å². The first-order chi connectivity index (χ1) is 11.7. The van der Waals surface area contributed by atoms with Crippen molar-refractivity contribution in [2.75, 3.05) is 39.5 Å². The number of aliphatic imine (C=N–C) groups is 1. The minimum Gasteiger partial charge on any atom is -0.467 e. The van der Waals surface area contributed by atoms with Gasteiger partial charge in [0.25, 0.3) is 0 Å². The summed E-state index contributed by atoms with van der Waals surface area (Å²) in [6, 6.07) is 3.75. The van der Waals surface area contributed by atoms with Crippen LogP contribution >= 0.6 is 24.0 Å². The average molecular weight is 467 g/mol. The van der Waals surface area contributed by atoms with Crippen LogP contribution in [-0.4, -0.2) is 56.1 Å². The zero-order valence-electron chi connectivity index (χ0n) is 14.8. The summed E-state index contributed by atoms with van der Waals surface area (Å²) < 4.78 is 16.0. The number of rotatable bonds is 9. The maximum atomic E-state index is 10.4. The highest BCUT2D eigenvalue weighted by atomic mass is 127. The molecule has 0 aliphatic carbocycles. The lowest BCUT2D eigenvalue weighted by atomic mass is 9.95. The predicted molar refractivity (Wildman–Crippen MR) is 107 cm³/mol. The molecule has 8 heteroatoms. The van der Waals surface area contributed by atoms with Gasteiger partial charge in [-0.05, 0) is 25.5 Å². The van der Waals surface area contributed by atoms with Crippen LogP contribution in [0.2, 0.25) is 0 Å². The number of ether oxygens (including phenoxy) is 2. The number of nitrogens with one attached hydrogen (secondary N) is 2. The third-order valence-corrected chi connectivity index (χ3v) is 3.88.